The summed E-state index contributed by atoms with van der Waals surface area (Å²) in [6, 6.07) is 44.0. The molecule has 0 bridgehead atoms. The monoisotopic (exact) mass is 510 g/mol. The number of benzene rings is 8. The molecule has 0 atom stereocenters. The van der Waals surface area contributed by atoms with Crippen molar-refractivity contribution in [1.82, 2.24) is 0 Å². The van der Waals surface area contributed by atoms with Gasteiger partial charge in [0.15, 0.2) is 11.6 Å². The highest BCUT2D eigenvalue weighted by molar-refractivity contribution is 6.28. The topological polar surface area (TPSA) is 34.1 Å². The average Bonchev–Trinajstić information content (AvgIpc) is 3.02. The van der Waals surface area contributed by atoms with Gasteiger partial charge in [-0.3, -0.25) is 9.59 Å². The van der Waals surface area contributed by atoms with Crippen LogP contribution in [-0.4, -0.2) is 11.6 Å². The van der Waals surface area contributed by atoms with E-state index in [4.69, 9.17) is 0 Å². The van der Waals surface area contributed by atoms with Crippen molar-refractivity contribution in [2.24, 2.45) is 0 Å². The van der Waals surface area contributed by atoms with Crippen molar-refractivity contribution in [3.05, 3.63) is 156 Å². The summed E-state index contributed by atoms with van der Waals surface area (Å²) in [5.74, 6) is 0.0375. The number of carbonyl (C=O) groups excluding carboxylic acids is 2. The molecule has 2 heteroatoms. The van der Waals surface area contributed by atoms with Crippen molar-refractivity contribution >= 4 is 65.4 Å². The Balaban J connectivity index is 1.27. The summed E-state index contributed by atoms with van der Waals surface area (Å²) in [4.78, 5) is 27.5. The summed E-state index contributed by atoms with van der Waals surface area (Å²) in [6.07, 6.45) is 0. The highest BCUT2D eigenvalue weighted by Crippen LogP contribution is 2.37. The van der Waals surface area contributed by atoms with Crippen LogP contribution >= 0.6 is 0 Å². The first-order chi connectivity index (χ1) is 19.7. The first-order valence-corrected chi connectivity index (χ1v) is 13.4. The molecule has 186 valence electrons. The summed E-state index contributed by atoms with van der Waals surface area (Å²) < 4.78 is 0. The molecule has 8 aromatic carbocycles. The van der Waals surface area contributed by atoms with Crippen molar-refractivity contribution in [2.75, 3.05) is 0 Å². The lowest BCUT2D eigenvalue weighted by atomic mass is 9.88. The van der Waals surface area contributed by atoms with Crippen molar-refractivity contribution < 1.29 is 9.59 Å². The van der Waals surface area contributed by atoms with E-state index >= 15 is 0 Å². The van der Waals surface area contributed by atoms with Gasteiger partial charge in [0, 0.05) is 22.3 Å². The molecule has 8 rings (SSSR count). The highest BCUT2D eigenvalue weighted by atomic mass is 16.1. The minimum Gasteiger partial charge on any atom is -0.289 e. The van der Waals surface area contributed by atoms with E-state index in [2.05, 4.69) is 24.3 Å². The van der Waals surface area contributed by atoms with Crippen LogP contribution in [0.4, 0.5) is 0 Å². The molecule has 0 unspecified atom stereocenters. The molecular formula is C38H22O2. The molecular weight excluding hydrogens is 488 g/mol. The molecule has 0 heterocycles. The van der Waals surface area contributed by atoms with Gasteiger partial charge in [-0.15, -0.1) is 0 Å². The number of carbonyl (C=O) groups is 2. The van der Waals surface area contributed by atoms with Gasteiger partial charge in [-0.25, -0.2) is 0 Å². The van der Waals surface area contributed by atoms with Crippen LogP contribution in [0.2, 0.25) is 0 Å². The van der Waals surface area contributed by atoms with E-state index in [9.17, 15) is 9.59 Å². The van der Waals surface area contributed by atoms with E-state index < -0.39 is 0 Å². The quantitative estimate of drug-likeness (QED) is 0.175. The lowest BCUT2D eigenvalue weighted by Crippen LogP contribution is -2.03. The van der Waals surface area contributed by atoms with Crippen LogP contribution in [0.3, 0.4) is 0 Å². The van der Waals surface area contributed by atoms with Crippen molar-refractivity contribution in [1.29, 1.82) is 0 Å². The summed E-state index contributed by atoms with van der Waals surface area (Å²) in [7, 11) is 0. The SMILES string of the molecule is O=C(c1cc2ccc3cc(C(=O)c4cccc5ccccc45)cc4ccc(c1)c2c34)c1cccc2ccccc12. The lowest BCUT2D eigenvalue weighted by Gasteiger charge is -2.14. The van der Waals surface area contributed by atoms with Crippen LogP contribution in [-0.2, 0) is 0 Å². The molecule has 0 spiro atoms. The van der Waals surface area contributed by atoms with Gasteiger partial charge >= 0.3 is 0 Å². The minimum absolute atomic E-state index is 0.0188. The molecule has 0 N–H and O–H groups in total. The third-order valence-corrected chi connectivity index (χ3v) is 8.13. The Morgan fingerprint density at radius 2 is 0.700 bits per heavy atom. The molecule has 40 heavy (non-hydrogen) atoms. The molecule has 2 nitrogen and oxygen atoms in total. The molecule has 8 aromatic rings. The largest absolute Gasteiger partial charge is 0.289 e. The summed E-state index contributed by atoms with van der Waals surface area (Å²) in [6.45, 7) is 0. The predicted octanol–water partition coefficient (Wildman–Crippen LogP) is 9.35. The fourth-order valence-electron chi connectivity index (χ4n) is 6.26. The van der Waals surface area contributed by atoms with Crippen LogP contribution in [0.5, 0.6) is 0 Å². The molecule has 0 aromatic heterocycles. The molecule has 0 saturated carbocycles. The zero-order valence-corrected chi connectivity index (χ0v) is 21.5. The number of hydrogen-bond acceptors (Lipinski definition) is 2. The van der Waals surface area contributed by atoms with E-state index in [1.54, 1.807) is 0 Å². The van der Waals surface area contributed by atoms with E-state index in [1.165, 1.54) is 0 Å². The Bertz CT molecular complexity index is 2070. The molecule has 0 amide bonds. The second-order valence-corrected chi connectivity index (χ2v) is 10.4. The predicted molar refractivity (Wildman–Crippen MR) is 165 cm³/mol. The van der Waals surface area contributed by atoms with Crippen LogP contribution < -0.4 is 0 Å². The Morgan fingerprint density at radius 3 is 1.10 bits per heavy atom. The van der Waals surface area contributed by atoms with Gasteiger partial charge in [0.05, 0.1) is 0 Å². The van der Waals surface area contributed by atoms with Gasteiger partial charge in [-0.2, -0.15) is 0 Å². The van der Waals surface area contributed by atoms with Gasteiger partial charge in [0.2, 0.25) is 0 Å². The average molecular weight is 511 g/mol. The summed E-state index contributed by atoms with van der Waals surface area (Å²) in [5.41, 5.74) is 2.77. The molecule has 0 aliphatic carbocycles. The fourth-order valence-corrected chi connectivity index (χ4v) is 6.26. The number of fused-ring (bicyclic) bond motifs is 2. The van der Waals surface area contributed by atoms with E-state index in [1.807, 2.05) is 109 Å². The maximum absolute atomic E-state index is 13.7. The third-order valence-electron chi connectivity index (χ3n) is 8.13. The normalized spacial score (nSPS) is 11.7. The van der Waals surface area contributed by atoms with Crippen molar-refractivity contribution in [2.45, 2.75) is 0 Å². The third kappa shape index (κ3) is 3.36. The molecule has 0 radical (unpaired) electrons. The zero-order chi connectivity index (χ0) is 26.8. The number of hydrogen-bond donors (Lipinski definition) is 0. The smallest absolute Gasteiger partial charge is 0.193 e. The first kappa shape index (κ1) is 22.6. The Kier molecular flexibility index (Phi) is 4.86. The van der Waals surface area contributed by atoms with Crippen molar-refractivity contribution in [3.63, 3.8) is 0 Å². The Morgan fingerprint density at radius 1 is 0.350 bits per heavy atom. The maximum Gasteiger partial charge on any atom is 0.193 e. The number of ketones is 2. The van der Waals surface area contributed by atoms with E-state index in [0.717, 1.165) is 53.9 Å². The van der Waals surface area contributed by atoms with E-state index in [-0.39, 0.29) is 11.6 Å². The minimum atomic E-state index is 0.0188. The van der Waals surface area contributed by atoms with Crippen LogP contribution in [0.25, 0.3) is 53.9 Å². The zero-order valence-electron chi connectivity index (χ0n) is 21.5. The van der Waals surface area contributed by atoms with Crippen LogP contribution in [0.1, 0.15) is 31.8 Å². The number of rotatable bonds is 4. The lowest BCUT2D eigenvalue weighted by molar-refractivity contribution is 0.103. The Labute approximate surface area is 230 Å². The van der Waals surface area contributed by atoms with Gasteiger partial charge < -0.3 is 0 Å². The second-order valence-electron chi connectivity index (χ2n) is 10.4. The van der Waals surface area contributed by atoms with Crippen molar-refractivity contribution in [3.8, 4) is 0 Å². The Hall–Kier alpha value is -5.34. The molecule has 0 saturated heterocycles. The second kappa shape index (κ2) is 8.59. The van der Waals surface area contributed by atoms with Gasteiger partial charge in [0.1, 0.15) is 0 Å². The first-order valence-electron chi connectivity index (χ1n) is 13.4. The molecule has 0 aliphatic rings. The molecule has 0 aliphatic heterocycles. The van der Waals surface area contributed by atoms with Gasteiger partial charge in [0.25, 0.3) is 0 Å². The highest BCUT2D eigenvalue weighted by Gasteiger charge is 2.18. The fraction of sp³-hybridized carbons (Fsp3) is 0. The van der Waals surface area contributed by atoms with E-state index in [0.29, 0.717) is 22.3 Å². The van der Waals surface area contributed by atoms with Gasteiger partial charge in [-0.05, 0) is 78.1 Å². The maximum atomic E-state index is 13.7. The molecule has 0 fully saturated rings. The standard InChI is InChI=1S/C38H22O2/c39-37(33-13-5-9-23-7-1-3-11-31(23)33)29-19-25-15-17-27-21-30(22-28-18-16-26(20-29)35(25)36(27)28)38(40)34-14-6-10-24-8-2-4-12-32(24)34/h1-22H. The van der Waals surface area contributed by atoms with Crippen LogP contribution in [0.15, 0.2) is 133 Å². The van der Waals surface area contributed by atoms with Crippen LogP contribution in [0, 0.1) is 0 Å². The van der Waals surface area contributed by atoms with Gasteiger partial charge in [-0.1, -0.05) is 109 Å². The summed E-state index contributed by atoms with van der Waals surface area (Å²) in [5, 5.41) is 10.4. The summed E-state index contributed by atoms with van der Waals surface area (Å²) >= 11 is 0.